The Morgan fingerprint density at radius 1 is 0.925 bits per heavy atom. The molecule has 0 bridgehead atoms. The maximum absolute atomic E-state index is 12.2. The zero-order valence-corrected chi connectivity index (χ0v) is 26.9. The average Bonchev–Trinajstić information content (AvgIpc) is 3.32. The van der Waals surface area contributed by atoms with E-state index in [1.807, 2.05) is 0 Å². The zero-order chi connectivity index (χ0) is 28.2. The van der Waals surface area contributed by atoms with Crippen molar-refractivity contribution < 1.29 is 18.7 Å². The van der Waals surface area contributed by atoms with E-state index in [0.717, 1.165) is 5.75 Å². The molecule has 0 fully saturated rings. The summed E-state index contributed by atoms with van der Waals surface area (Å²) in [6.07, 6.45) is 22.6. The van der Waals surface area contributed by atoms with Gasteiger partial charge in [-0.1, -0.05) is 96.8 Å². The van der Waals surface area contributed by atoms with Crippen LogP contribution in [0.1, 0.15) is 110 Å². The van der Waals surface area contributed by atoms with E-state index in [4.69, 9.17) is 15.0 Å². The van der Waals surface area contributed by atoms with Gasteiger partial charge in [-0.05, 0) is 19.1 Å². The fraction of sp³-hybridized carbons (Fsp3) is 0.821. The summed E-state index contributed by atoms with van der Waals surface area (Å²) in [7, 11) is -4.04. The second kappa shape index (κ2) is 22.4. The van der Waals surface area contributed by atoms with Crippen molar-refractivity contribution in [2.75, 3.05) is 30.2 Å². The van der Waals surface area contributed by atoms with Crippen molar-refractivity contribution in [3.8, 4) is 0 Å². The summed E-state index contributed by atoms with van der Waals surface area (Å²) >= 11 is 1.75. The first-order valence-electron chi connectivity index (χ1n) is 15.0. The van der Waals surface area contributed by atoms with Crippen molar-refractivity contribution >= 4 is 36.3 Å². The van der Waals surface area contributed by atoms with E-state index in [1.165, 1.54) is 103 Å². The van der Waals surface area contributed by atoms with Crippen LogP contribution in [0.25, 0.3) is 11.2 Å². The normalized spacial score (nSPS) is 13.8. The standard InChI is InChI=1S/C28H52N5O4PS.H3N/c1-3-4-5-6-7-8-9-10-11-12-13-14-15-16-17-19-39-20-18-37-38(34,35)24-36-25(2)21-33-23-32-26-27(29)30-22-31-28(26)33;/h22-23,25H,3-21,24H2,1-2H3,(H,34,35)(H2,29,30,31);1H3/t25-;/m1./s1. The van der Waals surface area contributed by atoms with Gasteiger partial charge in [-0.15, -0.1) is 0 Å². The number of ether oxygens (including phenoxy) is 1. The van der Waals surface area contributed by atoms with Crippen LogP contribution in [-0.2, 0) is 20.4 Å². The first-order valence-corrected chi connectivity index (χ1v) is 17.9. The van der Waals surface area contributed by atoms with Gasteiger partial charge in [0.2, 0.25) is 0 Å². The highest BCUT2D eigenvalue weighted by atomic mass is 32.2. The highest BCUT2D eigenvalue weighted by molar-refractivity contribution is 7.99. The van der Waals surface area contributed by atoms with Crippen molar-refractivity contribution in [1.29, 1.82) is 0 Å². The number of quaternary nitrogens is 1. The molecule has 2 heterocycles. The molecule has 0 aromatic carbocycles. The zero-order valence-electron chi connectivity index (χ0n) is 25.2. The van der Waals surface area contributed by atoms with Crippen molar-refractivity contribution in [2.24, 2.45) is 0 Å². The van der Waals surface area contributed by atoms with Crippen molar-refractivity contribution in [2.45, 2.75) is 123 Å². The third kappa shape index (κ3) is 16.3. The van der Waals surface area contributed by atoms with Crippen LogP contribution in [0.15, 0.2) is 12.7 Å². The van der Waals surface area contributed by atoms with Gasteiger partial charge in [-0.3, -0.25) is 0 Å². The van der Waals surface area contributed by atoms with Gasteiger partial charge < -0.3 is 35.2 Å². The topological polar surface area (TPSA) is 165 Å². The first-order chi connectivity index (χ1) is 18.9. The van der Waals surface area contributed by atoms with Gasteiger partial charge >= 0.3 is 0 Å². The number of fused-ring (bicyclic) bond motifs is 1. The number of nitrogens with zero attached hydrogens (tertiary/aromatic N) is 4. The largest absolute Gasteiger partial charge is 0.777 e. The third-order valence-electron chi connectivity index (χ3n) is 6.81. The predicted octanol–water partition coefficient (Wildman–Crippen LogP) is 7.32. The maximum atomic E-state index is 12.2. The van der Waals surface area contributed by atoms with E-state index in [1.54, 1.807) is 29.6 Å². The van der Waals surface area contributed by atoms with E-state index < -0.39 is 13.9 Å². The first kappa shape index (κ1) is 36.8. The van der Waals surface area contributed by atoms with Crippen LogP contribution in [0.4, 0.5) is 5.82 Å². The Balaban J connectivity index is 0.00000800. The number of anilines is 1. The lowest BCUT2D eigenvalue weighted by molar-refractivity contribution is -0.204. The van der Waals surface area contributed by atoms with Crippen molar-refractivity contribution in [1.82, 2.24) is 25.7 Å². The van der Waals surface area contributed by atoms with Gasteiger partial charge in [0.25, 0.3) is 0 Å². The Hall–Kier alpha value is -1.23. The lowest BCUT2D eigenvalue weighted by Crippen LogP contribution is -2.20. The van der Waals surface area contributed by atoms with Gasteiger partial charge in [0, 0.05) is 5.75 Å². The van der Waals surface area contributed by atoms with Crippen molar-refractivity contribution in [3.63, 3.8) is 0 Å². The molecule has 232 valence electrons. The quantitative estimate of drug-likeness (QED) is 0.0874. The van der Waals surface area contributed by atoms with Crippen LogP contribution >= 0.6 is 19.4 Å². The van der Waals surface area contributed by atoms with E-state index in [2.05, 4.69) is 21.9 Å². The summed E-state index contributed by atoms with van der Waals surface area (Å²) in [4.78, 5) is 24.5. The Labute approximate surface area is 246 Å². The van der Waals surface area contributed by atoms with Crippen LogP contribution in [-0.4, -0.2) is 50.1 Å². The highest BCUT2D eigenvalue weighted by Crippen LogP contribution is 2.37. The molecule has 6 N–H and O–H groups in total. The lowest BCUT2D eigenvalue weighted by atomic mass is 10.0. The maximum Gasteiger partial charge on any atom is 0.165 e. The average molecular weight is 603 g/mol. The molecule has 0 amide bonds. The number of hydrogen-bond donors (Lipinski definition) is 2. The molecule has 0 aliphatic rings. The SMILES string of the molecule is CCCCCCCCCCCCCCCCCSCCOP(=O)([O-])CO[C@H](C)Cn1cnc2c(N)ncnc21.[NH4+]. The van der Waals surface area contributed by atoms with E-state index in [0.29, 0.717) is 29.3 Å². The summed E-state index contributed by atoms with van der Waals surface area (Å²) in [5.74, 6) is 2.02. The molecule has 10 nitrogen and oxygen atoms in total. The number of aromatic nitrogens is 4. The summed E-state index contributed by atoms with van der Waals surface area (Å²) in [5, 5.41) is 0. The van der Waals surface area contributed by atoms with E-state index in [9.17, 15) is 9.46 Å². The number of unbranched alkanes of at least 4 members (excludes halogenated alkanes) is 14. The molecular formula is C28H55N6O4PS. The predicted molar refractivity (Wildman–Crippen MR) is 167 cm³/mol. The van der Waals surface area contributed by atoms with Crippen LogP contribution in [0, 0.1) is 0 Å². The minimum atomic E-state index is -4.04. The van der Waals surface area contributed by atoms with Crippen LogP contribution < -0.4 is 16.8 Å². The molecule has 0 aliphatic carbocycles. The molecule has 0 saturated heterocycles. The molecule has 1 unspecified atom stereocenters. The Morgan fingerprint density at radius 2 is 1.50 bits per heavy atom. The van der Waals surface area contributed by atoms with Gasteiger partial charge in [0.1, 0.15) is 18.2 Å². The highest BCUT2D eigenvalue weighted by Gasteiger charge is 2.14. The lowest BCUT2D eigenvalue weighted by Gasteiger charge is -2.25. The van der Waals surface area contributed by atoms with E-state index in [-0.39, 0.29) is 18.9 Å². The second-order valence-corrected chi connectivity index (χ2v) is 13.4. The van der Waals surface area contributed by atoms with Crippen LogP contribution in [0.3, 0.4) is 0 Å². The molecular weight excluding hydrogens is 547 g/mol. The minimum absolute atomic E-state index is 0. The molecule has 0 spiro atoms. The molecule has 12 heteroatoms. The number of nitrogens with two attached hydrogens (primary N) is 1. The number of imidazole rings is 1. The summed E-state index contributed by atoms with van der Waals surface area (Å²) < 4.78 is 24.6. The minimum Gasteiger partial charge on any atom is -0.777 e. The Morgan fingerprint density at radius 3 is 2.10 bits per heavy atom. The Bertz CT molecular complexity index is 951. The molecule has 2 aromatic heterocycles. The molecule has 2 atom stereocenters. The third-order valence-corrected chi connectivity index (χ3v) is 8.88. The number of rotatable bonds is 25. The fourth-order valence-electron chi connectivity index (χ4n) is 4.53. The fourth-order valence-corrected chi connectivity index (χ4v) is 6.35. The molecule has 0 saturated carbocycles. The Kier molecular flexibility index (Phi) is 20.6. The molecule has 40 heavy (non-hydrogen) atoms. The van der Waals surface area contributed by atoms with E-state index >= 15 is 0 Å². The van der Waals surface area contributed by atoms with Crippen LogP contribution in [0.5, 0.6) is 0 Å². The number of thioether (sulfide) groups is 1. The second-order valence-electron chi connectivity index (χ2n) is 10.4. The molecule has 0 aliphatic heterocycles. The summed E-state index contributed by atoms with van der Waals surface area (Å²) in [5.41, 5.74) is 6.91. The smallest absolute Gasteiger partial charge is 0.165 e. The van der Waals surface area contributed by atoms with Gasteiger partial charge in [-0.2, -0.15) is 11.8 Å². The van der Waals surface area contributed by atoms with Gasteiger partial charge in [-0.25, -0.2) is 15.0 Å². The summed E-state index contributed by atoms with van der Waals surface area (Å²) in [6.45, 7) is 4.64. The van der Waals surface area contributed by atoms with Gasteiger partial charge in [0.05, 0.1) is 25.6 Å². The van der Waals surface area contributed by atoms with Gasteiger partial charge in [0.15, 0.2) is 19.1 Å². The van der Waals surface area contributed by atoms with Crippen molar-refractivity contribution in [3.05, 3.63) is 12.7 Å². The molecule has 2 rings (SSSR count). The number of nitrogen functional groups attached to an aromatic ring is 1. The molecule has 0 radical (unpaired) electrons. The van der Waals surface area contributed by atoms with Crippen LogP contribution in [0.2, 0.25) is 0 Å². The molecule has 2 aromatic rings. The summed E-state index contributed by atoms with van der Waals surface area (Å²) in [6, 6.07) is 0. The monoisotopic (exact) mass is 602 g/mol. The number of hydrogen-bond acceptors (Lipinski definition) is 9.